The van der Waals surface area contributed by atoms with E-state index in [2.05, 4.69) is 231 Å². The predicted molar refractivity (Wildman–Crippen MR) is 255 cm³/mol. The third-order valence-corrected chi connectivity index (χ3v) is 14.2. The highest BCUT2D eigenvalue weighted by molar-refractivity contribution is 6.12. The van der Waals surface area contributed by atoms with Crippen molar-refractivity contribution in [3.63, 3.8) is 0 Å². The summed E-state index contributed by atoms with van der Waals surface area (Å²) in [7, 11) is 0. The number of fused-ring (bicyclic) bond motifs is 13. The average Bonchev–Trinajstić information content (AvgIpc) is 3.73. The molecule has 0 aliphatic heterocycles. The van der Waals surface area contributed by atoms with Crippen molar-refractivity contribution in [2.75, 3.05) is 4.90 Å². The SMILES string of the molecule is CC1(C)c2ccccc2-c2ccc(N(c3ccccc3)c3ccc4c(c3)C3(c5ccccc5-4)c4ccccc4-c4cccc5ccc(-c6cccc7ccccc67)c3c45)cc21. The molecule has 0 saturated heterocycles. The minimum Gasteiger partial charge on any atom is -0.310 e. The molecule has 3 aliphatic rings. The van der Waals surface area contributed by atoms with E-state index in [1.54, 1.807) is 0 Å². The van der Waals surface area contributed by atoms with Gasteiger partial charge in [0.15, 0.2) is 0 Å². The maximum absolute atomic E-state index is 2.53. The number of hydrogen-bond donors (Lipinski definition) is 0. The fourth-order valence-electron chi connectivity index (χ4n) is 11.7. The van der Waals surface area contributed by atoms with Crippen LogP contribution < -0.4 is 4.90 Å². The highest BCUT2D eigenvalue weighted by Gasteiger charge is 2.51. The summed E-state index contributed by atoms with van der Waals surface area (Å²) in [5, 5.41) is 5.11. The lowest BCUT2D eigenvalue weighted by Crippen LogP contribution is -2.32. The van der Waals surface area contributed by atoms with Gasteiger partial charge in [-0.05, 0) is 136 Å². The normalized spacial score (nSPS) is 15.9. The summed E-state index contributed by atoms with van der Waals surface area (Å²) in [5.74, 6) is 0. The molecule has 61 heavy (non-hydrogen) atoms. The van der Waals surface area contributed by atoms with E-state index < -0.39 is 5.41 Å². The van der Waals surface area contributed by atoms with Gasteiger partial charge in [-0.2, -0.15) is 0 Å². The Labute approximate surface area is 356 Å². The highest BCUT2D eigenvalue weighted by Crippen LogP contribution is 2.64. The number of rotatable bonds is 4. The largest absolute Gasteiger partial charge is 0.310 e. The van der Waals surface area contributed by atoms with E-state index in [0.717, 1.165) is 17.1 Å². The lowest BCUT2D eigenvalue weighted by atomic mass is 9.60. The fourth-order valence-corrected chi connectivity index (χ4v) is 11.7. The van der Waals surface area contributed by atoms with Crippen LogP contribution in [0.25, 0.3) is 66.1 Å². The van der Waals surface area contributed by atoms with Crippen LogP contribution in [0.1, 0.15) is 47.2 Å². The van der Waals surface area contributed by atoms with Crippen molar-refractivity contribution in [1.82, 2.24) is 0 Å². The van der Waals surface area contributed by atoms with Crippen molar-refractivity contribution in [3.8, 4) is 44.5 Å². The first-order chi connectivity index (χ1) is 30.0. The van der Waals surface area contributed by atoms with Crippen LogP contribution in [-0.2, 0) is 10.8 Å². The summed E-state index contributed by atoms with van der Waals surface area (Å²) in [6.07, 6.45) is 0. The van der Waals surface area contributed by atoms with E-state index in [-0.39, 0.29) is 5.41 Å². The predicted octanol–water partition coefficient (Wildman–Crippen LogP) is 15.8. The van der Waals surface area contributed by atoms with Gasteiger partial charge < -0.3 is 4.90 Å². The van der Waals surface area contributed by atoms with E-state index in [4.69, 9.17) is 0 Å². The van der Waals surface area contributed by atoms with Gasteiger partial charge in [0, 0.05) is 22.5 Å². The van der Waals surface area contributed by atoms with Gasteiger partial charge in [-0.3, -0.25) is 0 Å². The highest BCUT2D eigenvalue weighted by atomic mass is 15.1. The number of anilines is 3. The molecule has 0 heterocycles. The van der Waals surface area contributed by atoms with Crippen molar-refractivity contribution in [1.29, 1.82) is 0 Å². The Bertz CT molecular complexity index is 3460. The molecule has 0 saturated carbocycles. The summed E-state index contributed by atoms with van der Waals surface area (Å²) in [4.78, 5) is 2.48. The summed E-state index contributed by atoms with van der Waals surface area (Å²) in [5.41, 5.74) is 21.2. The third-order valence-electron chi connectivity index (χ3n) is 14.2. The minimum absolute atomic E-state index is 0.121. The van der Waals surface area contributed by atoms with Crippen molar-refractivity contribution in [2.24, 2.45) is 0 Å². The lowest BCUT2D eigenvalue weighted by Gasteiger charge is -2.42. The maximum Gasteiger partial charge on any atom is 0.0732 e. The fraction of sp³-hybridized carbons (Fsp3) is 0.0667. The van der Waals surface area contributed by atoms with Crippen molar-refractivity contribution in [2.45, 2.75) is 24.7 Å². The first-order valence-electron chi connectivity index (χ1n) is 21.5. The smallest absolute Gasteiger partial charge is 0.0732 e. The molecule has 0 aromatic heterocycles. The molecule has 0 bridgehead atoms. The van der Waals surface area contributed by atoms with Crippen molar-refractivity contribution >= 4 is 38.6 Å². The van der Waals surface area contributed by atoms with Gasteiger partial charge in [-0.15, -0.1) is 0 Å². The van der Waals surface area contributed by atoms with Gasteiger partial charge in [0.1, 0.15) is 0 Å². The Kier molecular flexibility index (Phi) is 7.06. The Balaban J connectivity index is 1.14. The van der Waals surface area contributed by atoms with E-state index in [0.29, 0.717) is 0 Å². The molecule has 1 heteroatoms. The van der Waals surface area contributed by atoms with Crippen LogP contribution in [0.15, 0.2) is 212 Å². The van der Waals surface area contributed by atoms with E-state index in [9.17, 15) is 0 Å². The Hall–Kier alpha value is -7.48. The number of benzene rings is 10. The molecule has 10 aromatic rings. The number of nitrogens with zero attached hydrogens (tertiary/aromatic N) is 1. The first-order valence-corrected chi connectivity index (χ1v) is 21.5. The van der Waals surface area contributed by atoms with Gasteiger partial charge in [0.05, 0.1) is 5.41 Å². The zero-order valence-electron chi connectivity index (χ0n) is 34.2. The van der Waals surface area contributed by atoms with Crippen LogP contribution in [0.3, 0.4) is 0 Å². The van der Waals surface area contributed by atoms with Gasteiger partial charge in [0.2, 0.25) is 0 Å². The summed E-state index contributed by atoms with van der Waals surface area (Å²) in [6, 6.07) is 80.0. The van der Waals surface area contributed by atoms with Crippen LogP contribution in [0.2, 0.25) is 0 Å². The Morgan fingerprint density at radius 1 is 0.311 bits per heavy atom. The molecule has 10 aromatic carbocycles. The van der Waals surface area contributed by atoms with Crippen molar-refractivity contribution < 1.29 is 0 Å². The van der Waals surface area contributed by atoms with Gasteiger partial charge in [-0.25, -0.2) is 0 Å². The lowest BCUT2D eigenvalue weighted by molar-refractivity contribution is 0.660. The second-order valence-corrected chi connectivity index (χ2v) is 17.6. The van der Waals surface area contributed by atoms with Gasteiger partial charge in [-0.1, -0.05) is 190 Å². The summed E-state index contributed by atoms with van der Waals surface area (Å²) < 4.78 is 0. The van der Waals surface area contributed by atoms with Crippen LogP contribution in [0.5, 0.6) is 0 Å². The molecule has 1 spiro atoms. The molecule has 1 unspecified atom stereocenters. The minimum atomic E-state index is -0.609. The molecule has 0 amide bonds. The molecular formula is C60H41N. The number of hydrogen-bond acceptors (Lipinski definition) is 1. The zero-order valence-corrected chi connectivity index (χ0v) is 34.2. The maximum atomic E-state index is 2.53. The molecule has 286 valence electrons. The average molecular weight is 776 g/mol. The van der Waals surface area contributed by atoms with E-state index >= 15 is 0 Å². The Morgan fingerprint density at radius 2 is 0.803 bits per heavy atom. The van der Waals surface area contributed by atoms with Crippen molar-refractivity contribution in [3.05, 3.63) is 246 Å². The van der Waals surface area contributed by atoms with Gasteiger partial charge >= 0.3 is 0 Å². The van der Waals surface area contributed by atoms with Crippen LogP contribution in [-0.4, -0.2) is 0 Å². The second-order valence-electron chi connectivity index (χ2n) is 17.6. The second kappa shape index (κ2) is 12.5. The topological polar surface area (TPSA) is 3.24 Å². The first kappa shape index (κ1) is 34.4. The van der Waals surface area contributed by atoms with E-state index in [1.807, 2.05) is 0 Å². The summed E-state index contributed by atoms with van der Waals surface area (Å²) >= 11 is 0. The zero-order chi connectivity index (χ0) is 40.5. The quantitative estimate of drug-likeness (QED) is 0.172. The molecule has 0 N–H and O–H groups in total. The molecule has 1 nitrogen and oxygen atoms in total. The van der Waals surface area contributed by atoms with E-state index in [1.165, 1.54) is 99.4 Å². The summed E-state index contributed by atoms with van der Waals surface area (Å²) in [6.45, 7) is 4.74. The molecule has 3 aliphatic carbocycles. The standard InChI is InChI=1S/C60H41N/c1-59(2)52-27-11-8-22-45(52)48-34-31-41(36-55(48)59)61(40-19-4-3-5-20-40)42-32-35-49-46-23-9-12-28-53(46)60(56(49)37-42)54-29-13-10-24-47(54)50-26-15-18-39-30-33-51(58(60)57(39)50)44-25-14-17-38-16-6-7-21-43(38)44/h3-37H,1-2H3. The number of para-hydroxylation sites is 1. The van der Waals surface area contributed by atoms with Crippen LogP contribution >= 0.6 is 0 Å². The molecule has 13 rings (SSSR count). The van der Waals surface area contributed by atoms with Crippen LogP contribution in [0.4, 0.5) is 17.1 Å². The molecule has 0 fully saturated rings. The third kappa shape index (κ3) is 4.56. The van der Waals surface area contributed by atoms with Crippen LogP contribution in [0, 0.1) is 0 Å². The molecule has 0 radical (unpaired) electrons. The monoisotopic (exact) mass is 775 g/mol. The molecular weight excluding hydrogens is 735 g/mol. The molecule has 1 atom stereocenters. The Morgan fingerprint density at radius 3 is 1.54 bits per heavy atom. The van der Waals surface area contributed by atoms with Gasteiger partial charge in [0.25, 0.3) is 0 Å².